The highest BCUT2D eigenvalue weighted by atomic mass is 15.2. The van der Waals surface area contributed by atoms with E-state index in [-0.39, 0.29) is 0 Å². The topological polar surface area (TPSA) is 53.5 Å². The molecule has 6 nitrogen and oxygen atoms in total. The molecule has 4 heterocycles. The van der Waals surface area contributed by atoms with Crippen LogP contribution in [0.3, 0.4) is 0 Å². The molecule has 0 saturated carbocycles. The molecule has 0 aliphatic heterocycles. The average molecular weight is 1230 g/mol. The van der Waals surface area contributed by atoms with Crippen molar-refractivity contribution in [2.75, 3.05) is 0 Å². The van der Waals surface area contributed by atoms with Gasteiger partial charge in [0.1, 0.15) is 0 Å². The van der Waals surface area contributed by atoms with E-state index >= 15 is 0 Å². The second-order valence-electron chi connectivity index (χ2n) is 25.6. The summed E-state index contributed by atoms with van der Waals surface area (Å²) in [4.78, 5) is 16.0. The maximum Gasteiger partial charge on any atom is 0.238 e. The lowest BCUT2D eigenvalue weighted by Crippen LogP contribution is -2.06. The molecule has 0 fully saturated rings. The van der Waals surface area contributed by atoms with Crippen LogP contribution in [0.5, 0.6) is 0 Å². The van der Waals surface area contributed by atoms with Gasteiger partial charge in [0, 0.05) is 54.8 Å². The number of fused-ring (bicyclic) bond motifs is 13. The van der Waals surface area contributed by atoms with Crippen molar-refractivity contribution in [3.05, 3.63) is 340 Å². The van der Waals surface area contributed by atoms with Gasteiger partial charge in [-0.15, -0.1) is 0 Å². The minimum Gasteiger partial charge on any atom is -0.309 e. The fourth-order valence-corrected chi connectivity index (χ4v) is 15.2. The molecule has 450 valence electrons. The fraction of sp³-hybridized carbons (Fsp3) is 0. The zero-order valence-electron chi connectivity index (χ0n) is 52.5. The second-order valence-corrected chi connectivity index (χ2v) is 25.6. The van der Waals surface area contributed by atoms with E-state index in [1.54, 1.807) is 0 Å². The summed E-state index contributed by atoms with van der Waals surface area (Å²) in [6, 6.07) is 124. The van der Waals surface area contributed by atoms with E-state index < -0.39 is 0 Å². The normalized spacial score (nSPS) is 11.9. The molecule has 0 saturated heterocycles. The standard InChI is InChI=1S/C91H56N6/c1-3-19-61(20-4-1)89-92-90(62-21-5-2-6-22-62)94-91(93-89)97-87-45-39-75(95-83-41-35-71(67-31-27-57-15-7-11-23-63(57)47-67)51-77(83)78-52-72(36-42-84(78)95)68-32-28-58-16-8-12-24-64(58)48-68)55-81(87)82-56-76(40-46-88(82)97)96-85-43-37-73(69-33-29-59-17-9-13-25-65(59)49-69)53-79(85)80-54-74(38-44-86(80)96)70-34-30-60-18-10-14-26-66(60)50-70/h1-56H. The molecule has 0 aliphatic carbocycles. The third-order valence-corrected chi connectivity index (χ3v) is 20.0. The van der Waals surface area contributed by atoms with Crippen LogP contribution in [0, 0.1) is 0 Å². The lowest BCUT2D eigenvalue weighted by atomic mass is 9.98. The Kier molecular flexibility index (Phi) is 12.2. The quantitative estimate of drug-likeness (QED) is 0.145. The summed E-state index contributed by atoms with van der Waals surface area (Å²) in [5.41, 5.74) is 19.7. The fourth-order valence-electron chi connectivity index (χ4n) is 15.2. The predicted molar refractivity (Wildman–Crippen MR) is 405 cm³/mol. The van der Waals surface area contributed by atoms with E-state index in [0.29, 0.717) is 17.6 Å². The summed E-state index contributed by atoms with van der Waals surface area (Å²) in [7, 11) is 0. The first-order valence-corrected chi connectivity index (χ1v) is 33.1. The Morgan fingerprint density at radius 3 is 0.732 bits per heavy atom. The molecule has 0 bridgehead atoms. The van der Waals surface area contributed by atoms with Crippen molar-refractivity contribution in [1.29, 1.82) is 0 Å². The van der Waals surface area contributed by atoms with Crippen LogP contribution in [-0.2, 0) is 0 Å². The van der Waals surface area contributed by atoms with E-state index in [0.717, 1.165) is 66.4 Å². The molecule has 20 aromatic rings. The first-order valence-electron chi connectivity index (χ1n) is 33.1. The van der Waals surface area contributed by atoms with E-state index in [1.165, 1.54) is 109 Å². The van der Waals surface area contributed by atoms with E-state index in [1.807, 2.05) is 36.4 Å². The molecule has 20 rings (SSSR count). The number of rotatable bonds is 9. The van der Waals surface area contributed by atoms with Crippen molar-refractivity contribution >= 4 is 109 Å². The van der Waals surface area contributed by atoms with Crippen LogP contribution in [-0.4, -0.2) is 28.7 Å². The number of hydrogen-bond acceptors (Lipinski definition) is 3. The van der Waals surface area contributed by atoms with Crippen molar-refractivity contribution in [2.45, 2.75) is 0 Å². The largest absolute Gasteiger partial charge is 0.309 e. The van der Waals surface area contributed by atoms with Crippen LogP contribution in [0.2, 0.25) is 0 Å². The molecule has 0 atom stereocenters. The first kappa shape index (κ1) is 54.5. The van der Waals surface area contributed by atoms with Crippen molar-refractivity contribution in [2.24, 2.45) is 0 Å². The SMILES string of the molecule is c1ccc(-c2nc(-c3ccccc3)nc(-n3c4ccc(-n5c6ccc(-c7ccc8ccccc8c7)cc6c6cc(-c7ccc8ccccc8c7)ccc65)cc4c4cc(-n5c6ccc(-c7ccc8ccccc8c7)cc6c6cc(-c7ccc8ccccc8c7)ccc65)ccc43)n2)cc1. The lowest BCUT2D eigenvalue weighted by Gasteiger charge is -2.12. The van der Waals surface area contributed by atoms with Gasteiger partial charge in [0.25, 0.3) is 0 Å². The molecule has 0 aliphatic rings. The summed E-state index contributed by atoms with van der Waals surface area (Å²) in [5, 5.41) is 16.6. The zero-order valence-corrected chi connectivity index (χ0v) is 52.5. The minimum atomic E-state index is 0.534. The average Bonchev–Trinajstić information content (AvgIpc) is 1.57. The van der Waals surface area contributed by atoms with E-state index in [9.17, 15) is 0 Å². The van der Waals surface area contributed by atoms with Crippen molar-refractivity contribution in [1.82, 2.24) is 28.7 Å². The van der Waals surface area contributed by atoms with Gasteiger partial charge in [-0.05, 0) is 197 Å². The molecule has 16 aromatic carbocycles. The molecule has 0 unspecified atom stereocenters. The summed E-state index contributed by atoms with van der Waals surface area (Å²) < 4.78 is 7.17. The van der Waals surface area contributed by atoms with Gasteiger partial charge in [0.2, 0.25) is 5.95 Å². The van der Waals surface area contributed by atoms with Crippen LogP contribution in [0.1, 0.15) is 0 Å². The Morgan fingerprint density at radius 1 is 0.165 bits per heavy atom. The highest BCUT2D eigenvalue weighted by Gasteiger charge is 2.24. The van der Waals surface area contributed by atoms with Crippen molar-refractivity contribution in [3.8, 4) is 84.6 Å². The Morgan fingerprint density at radius 2 is 0.412 bits per heavy atom. The van der Waals surface area contributed by atoms with E-state index in [4.69, 9.17) is 15.0 Å². The van der Waals surface area contributed by atoms with Gasteiger partial charge in [0.05, 0.1) is 33.1 Å². The maximum atomic E-state index is 5.41. The smallest absolute Gasteiger partial charge is 0.238 e. The molecule has 0 amide bonds. The van der Waals surface area contributed by atoms with Gasteiger partial charge in [-0.2, -0.15) is 9.97 Å². The van der Waals surface area contributed by atoms with Crippen LogP contribution in [0.25, 0.3) is 193 Å². The maximum absolute atomic E-state index is 5.41. The van der Waals surface area contributed by atoms with Crippen LogP contribution in [0.4, 0.5) is 0 Å². The second kappa shape index (κ2) is 21.8. The lowest BCUT2D eigenvalue weighted by molar-refractivity contribution is 0.953. The zero-order chi connectivity index (χ0) is 63.7. The third-order valence-electron chi connectivity index (χ3n) is 20.0. The molecular weight excluding hydrogens is 1180 g/mol. The first-order chi connectivity index (χ1) is 48.0. The molecule has 6 heteroatoms. The van der Waals surface area contributed by atoms with Crippen LogP contribution in [0.15, 0.2) is 340 Å². The number of benzene rings is 16. The monoisotopic (exact) mass is 1230 g/mol. The predicted octanol–water partition coefficient (Wildman–Crippen LogP) is 23.8. The van der Waals surface area contributed by atoms with Gasteiger partial charge in [-0.1, -0.05) is 231 Å². The molecule has 4 aromatic heterocycles. The molecule has 97 heavy (non-hydrogen) atoms. The highest BCUT2D eigenvalue weighted by molar-refractivity contribution is 6.16. The summed E-state index contributed by atoms with van der Waals surface area (Å²) in [5.74, 6) is 1.73. The summed E-state index contributed by atoms with van der Waals surface area (Å²) in [6.07, 6.45) is 0. The number of aromatic nitrogens is 6. The van der Waals surface area contributed by atoms with Gasteiger partial charge in [-0.3, -0.25) is 4.57 Å². The minimum absolute atomic E-state index is 0.534. The van der Waals surface area contributed by atoms with Gasteiger partial charge < -0.3 is 9.13 Å². The molecule has 0 N–H and O–H groups in total. The Bertz CT molecular complexity index is 5960. The van der Waals surface area contributed by atoms with Crippen LogP contribution < -0.4 is 0 Å². The summed E-state index contributed by atoms with van der Waals surface area (Å²) in [6.45, 7) is 0. The Balaban J connectivity index is 0.830. The number of nitrogens with zero attached hydrogens (tertiary/aromatic N) is 6. The van der Waals surface area contributed by atoms with Crippen molar-refractivity contribution in [3.63, 3.8) is 0 Å². The van der Waals surface area contributed by atoms with Crippen LogP contribution >= 0.6 is 0 Å². The van der Waals surface area contributed by atoms with Gasteiger partial charge >= 0.3 is 0 Å². The van der Waals surface area contributed by atoms with E-state index in [2.05, 4.69) is 317 Å². The molecular formula is C91H56N6. The Hall–Kier alpha value is -13.0. The molecule has 0 spiro atoms. The number of hydrogen-bond donors (Lipinski definition) is 0. The van der Waals surface area contributed by atoms with Gasteiger partial charge in [-0.25, -0.2) is 4.98 Å². The molecule has 0 radical (unpaired) electrons. The third kappa shape index (κ3) is 9.06. The highest BCUT2D eigenvalue weighted by Crippen LogP contribution is 2.44. The van der Waals surface area contributed by atoms with Gasteiger partial charge in [0.15, 0.2) is 11.6 Å². The van der Waals surface area contributed by atoms with Crippen molar-refractivity contribution < 1.29 is 0 Å². The Labute approximate surface area is 558 Å². The summed E-state index contributed by atoms with van der Waals surface area (Å²) >= 11 is 0.